The highest BCUT2D eigenvalue weighted by Crippen LogP contribution is 2.45. The summed E-state index contributed by atoms with van der Waals surface area (Å²) in [5, 5.41) is 15.2. The van der Waals surface area contributed by atoms with Crippen molar-refractivity contribution in [3.63, 3.8) is 0 Å². The number of carbonyl (C=O) groups excluding carboxylic acids is 1. The van der Waals surface area contributed by atoms with Crippen molar-refractivity contribution in [2.24, 2.45) is 0 Å². The van der Waals surface area contributed by atoms with Crippen molar-refractivity contribution in [1.82, 2.24) is 25.9 Å². The molecule has 0 spiro atoms. The maximum atomic E-state index is 12.8. The van der Waals surface area contributed by atoms with Gasteiger partial charge < -0.3 is 30.9 Å². The molecule has 11 heteroatoms. The molecule has 0 aliphatic carbocycles. The van der Waals surface area contributed by atoms with Gasteiger partial charge in [0, 0.05) is 81.5 Å². The van der Waals surface area contributed by atoms with Crippen molar-refractivity contribution in [1.29, 1.82) is 0 Å². The van der Waals surface area contributed by atoms with Crippen LogP contribution >= 0.6 is 22.7 Å². The van der Waals surface area contributed by atoms with Crippen molar-refractivity contribution in [2.75, 3.05) is 69.7 Å². The fourth-order valence-corrected chi connectivity index (χ4v) is 7.57. The van der Waals surface area contributed by atoms with Crippen molar-refractivity contribution in [2.45, 2.75) is 19.4 Å². The second-order valence-electron chi connectivity index (χ2n) is 10.0. The fraction of sp³-hybridized carbons (Fsp3) is 0.414. The number of methoxy groups -OCH3 is 1. The van der Waals surface area contributed by atoms with E-state index >= 15 is 0 Å². The lowest BCUT2D eigenvalue weighted by Crippen LogP contribution is -2.43. The first-order chi connectivity index (χ1) is 19.7. The van der Waals surface area contributed by atoms with E-state index in [1.165, 1.54) is 10.4 Å². The number of hydrogen-bond donors (Lipinski definition) is 4. The molecule has 0 saturated carbocycles. The van der Waals surface area contributed by atoms with Crippen LogP contribution in [0.3, 0.4) is 0 Å². The molecule has 3 aromatic heterocycles. The van der Waals surface area contributed by atoms with E-state index in [-0.39, 0.29) is 5.91 Å². The van der Waals surface area contributed by atoms with Gasteiger partial charge in [-0.05, 0) is 48.4 Å². The predicted octanol–water partition coefficient (Wildman–Crippen LogP) is 3.71. The topological polar surface area (TPSA) is 103 Å². The van der Waals surface area contributed by atoms with Crippen LogP contribution in [-0.4, -0.2) is 75.4 Å². The van der Waals surface area contributed by atoms with Gasteiger partial charge in [0.2, 0.25) is 5.91 Å². The molecule has 210 valence electrons. The zero-order chi connectivity index (χ0) is 27.3. The standard InChI is InChI=1S/C29H35N7O2S2/c1-38-15-12-30-9-7-26(37)35-29-27(21-6-8-32-18-24(21)40-29)28-34-22-4-2-19(16-23(22)39-28)20-3-5-25(33-17-20)36-13-10-31-11-14-36/h2-5,16-17,30-32H,6-15,18H2,1H3,(H,35,37). The van der Waals surface area contributed by atoms with Crippen molar-refractivity contribution in [3.8, 4) is 21.7 Å². The van der Waals surface area contributed by atoms with Gasteiger partial charge >= 0.3 is 0 Å². The summed E-state index contributed by atoms with van der Waals surface area (Å²) in [7, 11) is 1.68. The number of aromatic nitrogens is 2. The molecule has 1 fully saturated rings. The number of fused-ring (bicyclic) bond motifs is 2. The molecule has 1 aromatic carbocycles. The quantitative estimate of drug-likeness (QED) is 0.212. The number of benzene rings is 1. The molecule has 1 saturated heterocycles. The molecule has 2 aliphatic rings. The van der Waals surface area contributed by atoms with Gasteiger partial charge in [0.1, 0.15) is 15.8 Å². The van der Waals surface area contributed by atoms with E-state index in [1.807, 2.05) is 6.20 Å². The molecule has 40 heavy (non-hydrogen) atoms. The highest BCUT2D eigenvalue weighted by Gasteiger charge is 2.25. The summed E-state index contributed by atoms with van der Waals surface area (Å²) in [6.45, 7) is 7.70. The maximum Gasteiger partial charge on any atom is 0.226 e. The summed E-state index contributed by atoms with van der Waals surface area (Å²) < 4.78 is 6.19. The van der Waals surface area contributed by atoms with Crippen molar-refractivity contribution in [3.05, 3.63) is 47.0 Å². The Morgan fingerprint density at radius 2 is 1.95 bits per heavy atom. The fourth-order valence-electron chi connectivity index (χ4n) is 5.19. The highest BCUT2D eigenvalue weighted by molar-refractivity contribution is 7.23. The molecule has 6 rings (SSSR count). The van der Waals surface area contributed by atoms with Gasteiger partial charge in [0.25, 0.3) is 0 Å². The van der Waals surface area contributed by atoms with Crippen LogP contribution < -0.4 is 26.2 Å². The van der Waals surface area contributed by atoms with Crippen LogP contribution in [0.4, 0.5) is 10.8 Å². The molecule has 4 aromatic rings. The molecule has 4 N–H and O–H groups in total. The van der Waals surface area contributed by atoms with Crippen LogP contribution in [0.25, 0.3) is 31.9 Å². The number of anilines is 2. The van der Waals surface area contributed by atoms with Crippen molar-refractivity contribution < 1.29 is 9.53 Å². The second-order valence-corrected chi connectivity index (χ2v) is 12.2. The number of carbonyl (C=O) groups is 1. The first kappa shape index (κ1) is 27.3. The van der Waals surface area contributed by atoms with Gasteiger partial charge in [-0.2, -0.15) is 0 Å². The van der Waals surface area contributed by atoms with E-state index in [2.05, 4.69) is 56.5 Å². The lowest BCUT2D eigenvalue weighted by molar-refractivity contribution is -0.116. The molecular weight excluding hydrogens is 543 g/mol. The summed E-state index contributed by atoms with van der Waals surface area (Å²) in [6.07, 6.45) is 3.32. The molecule has 1 amide bonds. The van der Waals surface area contributed by atoms with Crippen LogP contribution in [0.2, 0.25) is 0 Å². The second kappa shape index (κ2) is 12.7. The maximum absolute atomic E-state index is 12.8. The average Bonchev–Trinajstić information content (AvgIpc) is 3.57. The Balaban J connectivity index is 1.24. The minimum atomic E-state index is 0.0119. The Kier molecular flexibility index (Phi) is 8.66. The zero-order valence-corrected chi connectivity index (χ0v) is 24.3. The number of nitrogens with zero attached hydrogens (tertiary/aromatic N) is 3. The molecule has 0 bridgehead atoms. The van der Waals surface area contributed by atoms with E-state index in [4.69, 9.17) is 14.7 Å². The zero-order valence-electron chi connectivity index (χ0n) is 22.7. The van der Waals surface area contributed by atoms with Crippen LogP contribution in [0.1, 0.15) is 16.9 Å². The first-order valence-corrected chi connectivity index (χ1v) is 15.5. The summed E-state index contributed by atoms with van der Waals surface area (Å²) in [5.41, 5.74) is 5.61. The third-order valence-electron chi connectivity index (χ3n) is 7.32. The third kappa shape index (κ3) is 6.04. The van der Waals surface area contributed by atoms with Gasteiger partial charge in [-0.1, -0.05) is 6.07 Å². The van der Waals surface area contributed by atoms with Crippen molar-refractivity contribution >= 4 is 49.6 Å². The number of pyridine rings is 1. The van der Waals surface area contributed by atoms with Gasteiger partial charge in [-0.3, -0.25) is 4.79 Å². The van der Waals surface area contributed by atoms with Gasteiger partial charge in [0.15, 0.2) is 0 Å². The Morgan fingerprint density at radius 3 is 2.77 bits per heavy atom. The molecule has 5 heterocycles. The normalized spacial score (nSPS) is 15.4. The molecule has 0 atom stereocenters. The number of piperazine rings is 1. The summed E-state index contributed by atoms with van der Waals surface area (Å²) >= 11 is 3.36. The number of thiophene rings is 1. The average molecular weight is 578 g/mol. The smallest absolute Gasteiger partial charge is 0.226 e. The van der Waals surface area contributed by atoms with Crippen LogP contribution in [-0.2, 0) is 22.5 Å². The predicted molar refractivity (Wildman–Crippen MR) is 165 cm³/mol. The Bertz CT molecular complexity index is 1460. The minimum Gasteiger partial charge on any atom is -0.383 e. The van der Waals surface area contributed by atoms with E-state index in [9.17, 15) is 4.79 Å². The van der Waals surface area contributed by atoms with Crippen LogP contribution in [0.15, 0.2) is 36.5 Å². The number of thiazole rings is 1. The number of rotatable bonds is 10. The summed E-state index contributed by atoms with van der Waals surface area (Å²) in [6, 6.07) is 10.7. The van der Waals surface area contributed by atoms with E-state index < -0.39 is 0 Å². The van der Waals surface area contributed by atoms with Gasteiger partial charge in [-0.25, -0.2) is 9.97 Å². The molecule has 0 radical (unpaired) electrons. The largest absolute Gasteiger partial charge is 0.383 e. The minimum absolute atomic E-state index is 0.0119. The first-order valence-electron chi connectivity index (χ1n) is 13.9. The Morgan fingerprint density at radius 1 is 1.07 bits per heavy atom. The number of nitrogens with one attached hydrogen (secondary N) is 4. The highest BCUT2D eigenvalue weighted by atomic mass is 32.1. The summed E-state index contributed by atoms with van der Waals surface area (Å²) in [5.74, 6) is 1.04. The molecule has 0 unspecified atom stereocenters. The lowest BCUT2D eigenvalue weighted by Gasteiger charge is -2.28. The molecule has 9 nitrogen and oxygen atoms in total. The van der Waals surface area contributed by atoms with Gasteiger partial charge in [0.05, 0.1) is 16.8 Å². The third-order valence-corrected chi connectivity index (χ3v) is 9.50. The molecular formula is C29H35N7O2S2. The SMILES string of the molecule is COCCNCCC(=O)Nc1sc2c(c1-c1nc3ccc(-c4ccc(N5CCNCC5)nc4)cc3s1)CCNC2. The lowest BCUT2D eigenvalue weighted by atomic mass is 10.0. The monoisotopic (exact) mass is 577 g/mol. The summed E-state index contributed by atoms with van der Waals surface area (Å²) in [4.78, 5) is 26.2. The van der Waals surface area contributed by atoms with Crippen LogP contribution in [0, 0.1) is 0 Å². The number of amides is 1. The van der Waals surface area contributed by atoms with Gasteiger partial charge in [-0.15, -0.1) is 22.7 Å². The molecule has 2 aliphatic heterocycles. The van der Waals surface area contributed by atoms with E-state index in [0.29, 0.717) is 19.6 Å². The van der Waals surface area contributed by atoms with E-state index in [0.717, 1.165) is 95.0 Å². The number of hydrogen-bond acceptors (Lipinski definition) is 10. The van der Waals surface area contributed by atoms with E-state index in [1.54, 1.807) is 29.8 Å². The van der Waals surface area contributed by atoms with Crippen LogP contribution in [0.5, 0.6) is 0 Å². The Labute approximate surface area is 242 Å². The number of ether oxygens (including phenoxy) is 1. The Hall–Kier alpha value is -2.93.